The fraction of sp³-hybridized carbons (Fsp3) is 0.407. The number of carbonyl (C=O) groups is 1. The molecule has 13 heteroatoms. The number of nitrogens with one attached hydrogen (secondary N) is 2. The normalized spacial score (nSPS) is 20.5. The van der Waals surface area contributed by atoms with Crippen molar-refractivity contribution in [1.82, 2.24) is 20.3 Å². The molecule has 2 aliphatic heterocycles. The van der Waals surface area contributed by atoms with Crippen molar-refractivity contribution in [3.05, 3.63) is 41.0 Å². The van der Waals surface area contributed by atoms with Gasteiger partial charge in [-0.05, 0) is 18.6 Å². The van der Waals surface area contributed by atoms with Gasteiger partial charge in [-0.3, -0.25) is 4.79 Å². The number of benzene rings is 1. The minimum absolute atomic E-state index is 0.0712. The molecule has 0 spiro atoms. The third-order valence-corrected chi connectivity index (χ3v) is 7.81. The maximum Gasteiger partial charge on any atom is 0.243 e. The molecule has 1 aromatic carbocycles. The molecule has 4 heterocycles. The van der Waals surface area contributed by atoms with Crippen molar-refractivity contribution in [1.29, 1.82) is 0 Å². The van der Waals surface area contributed by atoms with Gasteiger partial charge in [0.15, 0.2) is 5.82 Å². The molecule has 3 aromatic rings. The fourth-order valence-electron chi connectivity index (χ4n) is 4.91. The van der Waals surface area contributed by atoms with Gasteiger partial charge in [-0.15, -0.1) is 0 Å². The molecule has 5 rings (SSSR count). The highest BCUT2D eigenvalue weighted by Gasteiger charge is 2.31. The van der Waals surface area contributed by atoms with Crippen LogP contribution in [0.1, 0.15) is 6.42 Å². The maximum absolute atomic E-state index is 11.9. The summed E-state index contributed by atoms with van der Waals surface area (Å²) in [6, 6.07) is 3.12. The minimum Gasteiger partial charge on any atom is -0.495 e. The quantitative estimate of drug-likeness (QED) is 0.358. The van der Waals surface area contributed by atoms with Crippen molar-refractivity contribution in [2.45, 2.75) is 24.6 Å². The van der Waals surface area contributed by atoms with Gasteiger partial charge >= 0.3 is 0 Å². The van der Waals surface area contributed by atoms with Crippen LogP contribution in [0.3, 0.4) is 0 Å². The van der Waals surface area contributed by atoms with Gasteiger partial charge in [0.1, 0.15) is 23.1 Å². The molecule has 2 saturated heterocycles. The van der Waals surface area contributed by atoms with Crippen LogP contribution < -0.4 is 25.0 Å². The van der Waals surface area contributed by atoms with Crippen molar-refractivity contribution in [2.24, 2.45) is 0 Å². The molecule has 1 unspecified atom stereocenters. The molecule has 2 aliphatic rings. The van der Waals surface area contributed by atoms with Crippen molar-refractivity contribution in [2.75, 3.05) is 57.8 Å². The van der Waals surface area contributed by atoms with Gasteiger partial charge < -0.3 is 34.5 Å². The van der Waals surface area contributed by atoms with Crippen LogP contribution in [-0.4, -0.2) is 86.7 Å². The molecule has 1 amide bonds. The van der Waals surface area contributed by atoms with Crippen LogP contribution in [0.25, 0.3) is 22.3 Å². The van der Waals surface area contributed by atoms with Crippen LogP contribution in [0.4, 0.5) is 11.6 Å². The Balaban J connectivity index is 1.59. The fourth-order valence-corrected chi connectivity index (χ4v) is 5.58. The molecule has 2 fully saturated rings. The van der Waals surface area contributed by atoms with Gasteiger partial charge in [0, 0.05) is 31.7 Å². The van der Waals surface area contributed by atoms with E-state index in [-0.39, 0.29) is 34.1 Å². The third kappa shape index (κ3) is 5.46. The second-order valence-corrected chi connectivity index (χ2v) is 10.2. The van der Waals surface area contributed by atoms with E-state index < -0.39 is 0 Å². The van der Waals surface area contributed by atoms with Gasteiger partial charge in [-0.1, -0.05) is 29.8 Å². The number of rotatable bonds is 9. The standard InChI is InChI=1S/C27H30Cl2N6O5/c1-5-22(36)32-18-13-40-12-17(18)31-21-8-15-16(10-30-21)33-26(34-27(15)35-7-6-14(11-35)37-2)23-24(28)19(38-3)9-20(39-4)25(23)29/h5,8-10,14,17-18H,1,6-7,11-13H2,2-4H3,(H,30,31)(H,32,36)/t14?,17-,18+/m1/s1. The Labute approximate surface area is 241 Å². The molecule has 11 nitrogen and oxygen atoms in total. The highest BCUT2D eigenvalue weighted by atomic mass is 35.5. The monoisotopic (exact) mass is 588 g/mol. The van der Waals surface area contributed by atoms with E-state index in [0.717, 1.165) is 18.4 Å². The summed E-state index contributed by atoms with van der Waals surface area (Å²) in [7, 11) is 4.74. The van der Waals surface area contributed by atoms with Crippen LogP contribution in [0, 0.1) is 0 Å². The molecular formula is C27H30Cl2N6O5. The lowest BCUT2D eigenvalue weighted by molar-refractivity contribution is -0.117. The summed E-state index contributed by atoms with van der Waals surface area (Å²) in [6.07, 6.45) is 3.83. The first-order chi connectivity index (χ1) is 19.4. The van der Waals surface area contributed by atoms with Crippen LogP contribution in [0.5, 0.6) is 11.5 Å². The molecule has 40 heavy (non-hydrogen) atoms. The zero-order valence-electron chi connectivity index (χ0n) is 22.4. The Hall–Kier alpha value is -3.38. The van der Waals surface area contributed by atoms with Crippen molar-refractivity contribution in [3.8, 4) is 22.9 Å². The van der Waals surface area contributed by atoms with Gasteiger partial charge in [0.05, 0.1) is 72.9 Å². The summed E-state index contributed by atoms with van der Waals surface area (Å²) in [6.45, 7) is 5.72. The number of pyridine rings is 1. The Morgan fingerprint density at radius 2 is 1.85 bits per heavy atom. The molecule has 3 atom stereocenters. The van der Waals surface area contributed by atoms with E-state index in [4.69, 9.17) is 52.1 Å². The van der Waals surface area contributed by atoms with E-state index in [9.17, 15) is 4.79 Å². The van der Waals surface area contributed by atoms with E-state index in [0.29, 0.717) is 59.8 Å². The predicted molar refractivity (Wildman–Crippen MR) is 154 cm³/mol. The molecule has 0 radical (unpaired) electrons. The second kappa shape index (κ2) is 12.0. The lowest BCUT2D eigenvalue weighted by Gasteiger charge is -2.22. The minimum atomic E-state index is -0.259. The highest BCUT2D eigenvalue weighted by molar-refractivity contribution is 6.41. The van der Waals surface area contributed by atoms with E-state index in [2.05, 4.69) is 27.1 Å². The van der Waals surface area contributed by atoms with E-state index >= 15 is 0 Å². The summed E-state index contributed by atoms with van der Waals surface area (Å²) in [5.74, 6) is 2.12. The summed E-state index contributed by atoms with van der Waals surface area (Å²) in [5.41, 5.74) is 0.996. The lowest BCUT2D eigenvalue weighted by Crippen LogP contribution is -2.45. The number of methoxy groups -OCH3 is 3. The molecule has 0 saturated carbocycles. The lowest BCUT2D eigenvalue weighted by atomic mass is 10.1. The molecule has 2 N–H and O–H groups in total. The van der Waals surface area contributed by atoms with Crippen LogP contribution in [-0.2, 0) is 14.3 Å². The second-order valence-electron chi connectivity index (χ2n) is 9.44. The first kappa shape index (κ1) is 28.2. The van der Waals surface area contributed by atoms with Crippen molar-refractivity contribution >= 4 is 51.6 Å². The number of hydrogen-bond donors (Lipinski definition) is 2. The van der Waals surface area contributed by atoms with E-state index in [1.165, 1.54) is 20.3 Å². The SMILES string of the molecule is C=CC(=O)N[C@H]1COC[C@H]1Nc1cc2c(N3CCC(OC)C3)nc(-c3c(Cl)c(OC)cc(OC)c3Cl)nc2cn1. The smallest absolute Gasteiger partial charge is 0.243 e. The largest absolute Gasteiger partial charge is 0.495 e. The Morgan fingerprint density at radius 3 is 2.50 bits per heavy atom. The van der Waals surface area contributed by atoms with E-state index in [1.54, 1.807) is 19.4 Å². The number of carbonyl (C=O) groups excluding carboxylic acids is 1. The van der Waals surface area contributed by atoms with Gasteiger partial charge in [-0.2, -0.15) is 0 Å². The number of hydrogen-bond acceptors (Lipinski definition) is 10. The molecule has 212 valence electrons. The molecular weight excluding hydrogens is 559 g/mol. The van der Waals surface area contributed by atoms with Crippen molar-refractivity contribution < 1.29 is 23.7 Å². The van der Waals surface area contributed by atoms with Crippen LogP contribution >= 0.6 is 23.2 Å². The van der Waals surface area contributed by atoms with Gasteiger partial charge in [0.2, 0.25) is 5.91 Å². The van der Waals surface area contributed by atoms with Gasteiger partial charge in [0.25, 0.3) is 0 Å². The maximum atomic E-state index is 11.9. The first-order valence-electron chi connectivity index (χ1n) is 12.7. The predicted octanol–water partition coefficient (Wildman–Crippen LogP) is 3.72. The molecule has 0 bridgehead atoms. The summed E-state index contributed by atoms with van der Waals surface area (Å²) < 4.78 is 22.1. The summed E-state index contributed by atoms with van der Waals surface area (Å²) >= 11 is 13.4. The van der Waals surface area contributed by atoms with E-state index in [1.807, 2.05) is 6.07 Å². The molecule has 0 aliphatic carbocycles. The Morgan fingerprint density at radius 1 is 1.12 bits per heavy atom. The van der Waals surface area contributed by atoms with Gasteiger partial charge in [-0.25, -0.2) is 15.0 Å². The van der Waals surface area contributed by atoms with Crippen LogP contribution in [0.2, 0.25) is 10.0 Å². The average Bonchev–Trinajstić information content (AvgIpc) is 3.62. The number of halogens is 2. The Kier molecular flexibility index (Phi) is 8.46. The third-order valence-electron chi connectivity index (χ3n) is 7.06. The number of anilines is 2. The summed E-state index contributed by atoms with van der Waals surface area (Å²) in [4.78, 5) is 28.4. The zero-order chi connectivity index (χ0) is 28.4. The topological polar surface area (TPSA) is 120 Å². The average molecular weight is 589 g/mol. The molecule has 2 aromatic heterocycles. The number of nitrogens with zero attached hydrogens (tertiary/aromatic N) is 4. The number of ether oxygens (including phenoxy) is 4. The van der Waals surface area contributed by atoms with Crippen LogP contribution in [0.15, 0.2) is 31.0 Å². The first-order valence-corrected chi connectivity index (χ1v) is 13.5. The number of fused-ring (bicyclic) bond motifs is 1. The number of aromatic nitrogens is 3. The number of amides is 1. The Bertz CT molecular complexity index is 1410. The highest BCUT2D eigenvalue weighted by Crippen LogP contribution is 2.46. The zero-order valence-corrected chi connectivity index (χ0v) is 23.9. The summed E-state index contributed by atoms with van der Waals surface area (Å²) in [5, 5.41) is 7.61. The van der Waals surface area contributed by atoms with Crippen molar-refractivity contribution in [3.63, 3.8) is 0 Å².